The number of anilines is 1. The molecule has 1 aromatic heterocycles. The Labute approximate surface area is 196 Å². The molecule has 0 bridgehead atoms. The summed E-state index contributed by atoms with van der Waals surface area (Å²) < 4.78 is 33.0. The summed E-state index contributed by atoms with van der Waals surface area (Å²) >= 11 is 0. The van der Waals surface area contributed by atoms with Gasteiger partial charge >= 0.3 is 0 Å². The predicted octanol–water partition coefficient (Wildman–Crippen LogP) is 3.44. The van der Waals surface area contributed by atoms with Crippen molar-refractivity contribution in [3.8, 4) is 6.07 Å². The summed E-state index contributed by atoms with van der Waals surface area (Å²) in [7, 11) is -3.29. The number of nitrogens with zero attached hydrogens (tertiary/aromatic N) is 3. The molecular formula is C25H32N4O3S. The quantitative estimate of drug-likeness (QED) is 0.669. The highest BCUT2D eigenvalue weighted by molar-refractivity contribution is 7.88. The van der Waals surface area contributed by atoms with Gasteiger partial charge in [-0.2, -0.15) is 5.26 Å². The van der Waals surface area contributed by atoms with E-state index in [-0.39, 0.29) is 18.1 Å². The summed E-state index contributed by atoms with van der Waals surface area (Å²) in [6, 6.07) is 15.9. The summed E-state index contributed by atoms with van der Waals surface area (Å²) in [6.45, 7) is 1.99. The van der Waals surface area contributed by atoms with E-state index in [4.69, 9.17) is 10.00 Å². The number of rotatable bonds is 7. The first-order valence-electron chi connectivity index (χ1n) is 11.7. The van der Waals surface area contributed by atoms with Crippen molar-refractivity contribution >= 4 is 15.8 Å². The average Bonchev–Trinajstić information content (AvgIpc) is 2.83. The summed E-state index contributed by atoms with van der Waals surface area (Å²) in [6.07, 6.45) is 7.93. The highest BCUT2D eigenvalue weighted by Gasteiger charge is 2.33. The van der Waals surface area contributed by atoms with Crippen LogP contribution < -0.4 is 9.62 Å². The molecule has 1 aromatic carbocycles. The van der Waals surface area contributed by atoms with E-state index in [1.54, 1.807) is 6.20 Å². The van der Waals surface area contributed by atoms with Crippen molar-refractivity contribution in [1.82, 2.24) is 9.71 Å². The minimum atomic E-state index is -3.29. The van der Waals surface area contributed by atoms with Gasteiger partial charge in [-0.3, -0.25) is 0 Å². The molecular weight excluding hydrogens is 436 g/mol. The van der Waals surface area contributed by atoms with Gasteiger partial charge in [0.15, 0.2) is 0 Å². The maximum Gasteiger partial charge on any atom is 0.208 e. The van der Waals surface area contributed by atoms with Crippen LogP contribution in [0.25, 0.3) is 0 Å². The molecule has 1 saturated heterocycles. The van der Waals surface area contributed by atoms with Gasteiger partial charge in [0.25, 0.3) is 0 Å². The Hall–Kier alpha value is -2.47. The molecule has 0 amide bonds. The first-order chi connectivity index (χ1) is 15.9. The minimum absolute atomic E-state index is 0.0560. The number of piperidine rings is 1. The molecule has 176 valence electrons. The smallest absolute Gasteiger partial charge is 0.208 e. The lowest BCUT2D eigenvalue weighted by molar-refractivity contribution is -0.00213. The summed E-state index contributed by atoms with van der Waals surface area (Å²) in [5, 5.41) is 9.16. The number of aromatic nitrogens is 1. The molecule has 1 unspecified atom stereocenters. The maximum atomic E-state index is 11.9. The predicted molar refractivity (Wildman–Crippen MR) is 128 cm³/mol. The first kappa shape index (κ1) is 23.7. The van der Waals surface area contributed by atoms with E-state index in [2.05, 4.69) is 26.7 Å². The molecule has 8 heteroatoms. The van der Waals surface area contributed by atoms with Gasteiger partial charge in [-0.25, -0.2) is 18.1 Å². The van der Waals surface area contributed by atoms with Crippen LogP contribution in [0.1, 0.15) is 49.1 Å². The third-order valence-electron chi connectivity index (χ3n) is 6.78. The lowest BCUT2D eigenvalue weighted by Gasteiger charge is -2.40. The number of pyridine rings is 1. The fourth-order valence-electron chi connectivity index (χ4n) is 5.06. The van der Waals surface area contributed by atoms with E-state index in [1.807, 2.05) is 36.4 Å². The van der Waals surface area contributed by atoms with Crippen molar-refractivity contribution in [1.29, 1.82) is 5.26 Å². The second-order valence-corrected chi connectivity index (χ2v) is 11.0. The van der Waals surface area contributed by atoms with Crippen LogP contribution in [-0.4, -0.2) is 51.5 Å². The molecule has 4 rings (SSSR count). The van der Waals surface area contributed by atoms with Crippen LogP contribution in [0.3, 0.4) is 0 Å². The molecule has 1 aliphatic carbocycles. The zero-order valence-corrected chi connectivity index (χ0v) is 19.9. The van der Waals surface area contributed by atoms with Gasteiger partial charge < -0.3 is 9.64 Å². The molecule has 2 fully saturated rings. The SMILES string of the molecule is CS(=O)(=O)N[C@H]1CCN(c2ccccn2)CC1COC1CCC(c2cccc(C#N)c2)CC1. The second-order valence-electron chi connectivity index (χ2n) is 9.22. The van der Waals surface area contributed by atoms with Crippen LogP contribution in [0.4, 0.5) is 5.82 Å². The number of sulfonamides is 1. The molecule has 2 aliphatic rings. The molecule has 2 heterocycles. The van der Waals surface area contributed by atoms with Crippen LogP contribution in [0.2, 0.25) is 0 Å². The van der Waals surface area contributed by atoms with Crippen molar-refractivity contribution in [2.75, 3.05) is 30.9 Å². The Bertz CT molecular complexity index is 1060. The number of nitriles is 1. The van der Waals surface area contributed by atoms with E-state index >= 15 is 0 Å². The molecule has 7 nitrogen and oxygen atoms in total. The Morgan fingerprint density at radius 1 is 1.15 bits per heavy atom. The van der Waals surface area contributed by atoms with Crippen LogP contribution in [-0.2, 0) is 14.8 Å². The average molecular weight is 469 g/mol. The van der Waals surface area contributed by atoms with Crippen LogP contribution in [0.15, 0.2) is 48.7 Å². The van der Waals surface area contributed by atoms with Crippen LogP contribution in [0, 0.1) is 17.2 Å². The molecule has 33 heavy (non-hydrogen) atoms. The fourth-order valence-corrected chi connectivity index (χ4v) is 5.92. The lowest BCUT2D eigenvalue weighted by Crippen LogP contribution is -2.52. The first-order valence-corrected chi connectivity index (χ1v) is 13.6. The molecule has 1 aliphatic heterocycles. The number of benzene rings is 1. The van der Waals surface area contributed by atoms with Crippen LogP contribution >= 0.6 is 0 Å². The van der Waals surface area contributed by atoms with Gasteiger partial charge in [0.2, 0.25) is 10.0 Å². The van der Waals surface area contributed by atoms with Gasteiger partial charge in [-0.05, 0) is 67.9 Å². The summed E-state index contributed by atoms with van der Waals surface area (Å²) in [4.78, 5) is 6.68. The molecule has 1 saturated carbocycles. The summed E-state index contributed by atoms with van der Waals surface area (Å²) in [5.74, 6) is 1.44. The van der Waals surface area contributed by atoms with E-state index in [1.165, 1.54) is 11.8 Å². The van der Waals surface area contributed by atoms with Crippen molar-refractivity contribution in [2.45, 2.75) is 50.2 Å². The zero-order chi connectivity index (χ0) is 23.3. The molecule has 0 radical (unpaired) electrons. The van der Waals surface area contributed by atoms with Crippen molar-refractivity contribution in [2.24, 2.45) is 5.92 Å². The van der Waals surface area contributed by atoms with E-state index in [9.17, 15) is 8.42 Å². The Kier molecular flexibility index (Phi) is 7.63. The Morgan fingerprint density at radius 3 is 2.67 bits per heavy atom. The molecule has 2 aromatic rings. The van der Waals surface area contributed by atoms with E-state index in [0.29, 0.717) is 24.6 Å². The number of ether oxygens (including phenoxy) is 1. The standard InChI is InChI=1S/C25H32N4O3S/c1-33(30,31)28-24-12-14-29(25-7-2-3-13-27-25)17-22(24)18-32-23-10-8-20(9-11-23)21-6-4-5-19(15-21)16-26/h2-7,13,15,20,22-24,28H,8-12,14,17-18H2,1H3/t20?,22?,23?,24-/m0/s1. The minimum Gasteiger partial charge on any atom is -0.378 e. The molecule has 0 spiro atoms. The highest BCUT2D eigenvalue weighted by Crippen LogP contribution is 2.35. The van der Waals surface area contributed by atoms with E-state index < -0.39 is 10.0 Å². The van der Waals surface area contributed by atoms with Crippen LogP contribution in [0.5, 0.6) is 0 Å². The molecule has 1 N–H and O–H groups in total. The lowest BCUT2D eigenvalue weighted by atomic mass is 9.82. The van der Waals surface area contributed by atoms with Gasteiger partial charge in [-0.1, -0.05) is 18.2 Å². The maximum absolute atomic E-state index is 11.9. The third-order valence-corrected chi connectivity index (χ3v) is 7.51. The summed E-state index contributed by atoms with van der Waals surface area (Å²) in [5.41, 5.74) is 1.95. The zero-order valence-electron chi connectivity index (χ0n) is 19.1. The number of hydrogen-bond acceptors (Lipinski definition) is 6. The van der Waals surface area contributed by atoms with Gasteiger partial charge in [0.05, 0.1) is 30.6 Å². The van der Waals surface area contributed by atoms with Crippen molar-refractivity contribution in [3.05, 3.63) is 59.8 Å². The number of nitrogens with one attached hydrogen (secondary N) is 1. The molecule has 2 atom stereocenters. The van der Waals surface area contributed by atoms with Gasteiger partial charge in [-0.15, -0.1) is 0 Å². The fraction of sp³-hybridized carbons (Fsp3) is 0.520. The monoisotopic (exact) mass is 468 g/mol. The van der Waals surface area contributed by atoms with E-state index in [0.717, 1.165) is 44.5 Å². The second kappa shape index (κ2) is 10.6. The highest BCUT2D eigenvalue weighted by atomic mass is 32.2. The third kappa shape index (κ3) is 6.53. The van der Waals surface area contributed by atoms with Crippen molar-refractivity contribution in [3.63, 3.8) is 0 Å². The van der Waals surface area contributed by atoms with Gasteiger partial charge in [0.1, 0.15) is 5.82 Å². The normalized spacial score (nSPS) is 26.0. The van der Waals surface area contributed by atoms with Gasteiger partial charge in [0, 0.05) is 31.2 Å². The number of hydrogen-bond donors (Lipinski definition) is 1. The Balaban J connectivity index is 1.34. The topological polar surface area (TPSA) is 95.3 Å². The largest absolute Gasteiger partial charge is 0.378 e. The Morgan fingerprint density at radius 2 is 1.97 bits per heavy atom. The van der Waals surface area contributed by atoms with Crippen molar-refractivity contribution < 1.29 is 13.2 Å².